The van der Waals surface area contributed by atoms with Gasteiger partial charge in [0.1, 0.15) is 5.82 Å². The van der Waals surface area contributed by atoms with Crippen LogP contribution in [0.4, 0.5) is 10.1 Å². The predicted molar refractivity (Wildman–Crippen MR) is 88.0 cm³/mol. The number of rotatable bonds is 4. The average Bonchev–Trinajstić information content (AvgIpc) is 2.83. The zero-order valence-electron chi connectivity index (χ0n) is 13.4. The number of benzene rings is 2. The Bertz CT molecular complexity index is 906. The minimum atomic E-state index is -0.916. The first-order valence-electron chi connectivity index (χ1n) is 7.28. The molecule has 0 saturated carbocycles. The number of carbonyl (C=O) groups is 2. The Morgan fingerprint density at radius 3 is 2.32 bits per heavy atom. The molecule has 0 saturated heterocycles. The quantitative estimate of drug-likeness (QED) is 0.864. The molecule has 1 aliphatic heterocycles. The minimum absolute atomic E-state index is 0.0389. The first-order chi connectivity index (χ1) is 12.0. The van der Waals surface area contributed by atoms with Crippen LogP contribution in [-0.2, 0) is 9.59 Å². The van der Waals surface area contributed by atoms with Gasteiger partial charge in [-0.15, -0.1) is 0 Å². The number of methoxy groups -OCH3 is 2. The van der Waals surface area contributed by atoms with E-state index in [0.29, 0.717) is 11.5 Å². The van der Waals surface area contributed by atoms with Gasteiger partial charge in [-0.25, -0.2) is 9.29 Å². The number of carbonyl (C=O) groups excluding carboxylic acids is 2. The van der Waals surface area contributed by atoms with Crippen molar-refractivity contribution >= 4 is 23.1 Å². The van der Waals surface area contributed by atoms with E-state index in [1.165, 1.54) is 44.6 Å². The number of hydrogen-bond acceptors (Lipinski definition) is 5. The van der Waals surface area contributed by atoms with Gasteiger partial charge in [-0.1, -0.05) is 12.1 Å². The molecule has 0 aromatic heterocycles. The van der Waals surface area contributed by atoms with Gasteiger partial charge >= 0.3 is 5.91 Å². The van der Waals surface area contributed by atoms with Gasteiger partial charge in [-0.2, -0.15) is 0 Å². The van der Waals surface area contributed by atoms with Gasteiger partial charge in [0, 0.05) is 0 Å². The van der Waals surface area contributed by atoms with Gasteiger partial charge in [0.15, 0.2) is 17.3 Å². The number of nitrogens with zero attached hydrogens (tertiary/aromatic N) is 1. The summed E-state index contributed by atoms with van der Waals surface area (Å²) in [5.74, 6) is -2.20. The third-order valence-electron chi connectivity index (χ3n) is 3.80. The highest BCUT2D eigenvalue weighted by molar-refractivity contribution is 6.44. The van der Waals surface area contributed by atoms with Crippen LogP contribution in [0.25, 0.3) is 5.57 Å². The van der Waals surface area contributed by atoms with Crippen molar-refractivity contribution in [1.29, 1.82) is 0 Å². The second-order valence-electron chi connectivity index (χ2n) is 5.22. The number of imide groups is 1. The van der Waals surface area contributed by atoms with Crippen molar-refractivity contribution in [2.24, 2.45) is 0 Å². The Labute approximate surface area is 142 Å². The summed E-state index contributed by atoms with van der Waals surface area (Å²) in [5.41, 5.74) is 0.139. The van der Waals surface area contributed by atoms with E-state index in [-0.39, 0.29) is 16.8 Å². The summed E-state index contributed by atoms with van der Waals surface area (Å²) in [7, 11) is 2.89. The van der Waals surface area contributed by atoms with E-state index in [9.17, 15) is 19.1 Å². The summed E-state index contributed by atoms with van der Waals surface area (Å²) in [6.45, 7) is 0. The standard InChI is InChI=1S/C18H14FNO5/c1-24-13-7-6-10(8-14(13)25-2)15-16(21)18(23)20(17(15)22)12-5-3-4-11(19)9-12/h3-9,21H,1-2H3. The van der Waals surface area contributed by atoms with Crippen LogP contribution in [0.3, 0.4) is 0 Å². The van der Waals surface area contributed by atoms with Crippen molar-refractivity contribution in [3.05, 3.63) is 59.6 Å². The fourth-order valence-corrected chi connectivity index (χ4v) is 2.62. The van der Waals surface area contributed by atoms with Crippen molar-refractivity contribution in [3.63, 3.8) is 0 Å². The Hall–Kier alpha value is -3.35. The number of aliphatic hydroxyl groups excluding tert-OH is 1. The monoisotopic (exact) mass is 343 g/mol. The van der Waals surface area contributed by atoms with Crippen LogP contribution in [-0.4, -0.2) is 31.1 Å². The first kappa shape index (κ1) is 16.5. The van der Waals surface area contributed by atoms with Crippen molar-refractivity contribution in [2.75, 3.05) is 19.1 Å². The number of amides is 2. The molecule has 0 atom stereocenters. The molecular formula is C18H14FNO5. The van der Waals surface area contributed by atoms with E-state index < -0.39 is 23.4 Å². The lowest BCUT2D eigenvalue weighted by atomic mass is 10.0. The van der Waals surface area contributed by atoms with E-state index in [1.807, 2.05) is 0 Å². The Balaban J connectivity index is 2.06. The number of ether oxygens (including phenoxy) is 2. The third-order valence-corrected chi connectivity index (χ3v) is 3.80. The van der Waals surface area contributed by atoms with Crippen LogP contribution in [0.5, 0.6) is 11.5 Å². The van der Waals surface area contributed by atoms with Crippen molar-refractivity contribution in [2.45, 2.75) is 0 Å². The third kappa shape index (κ3) is 2.69. The molecule has 7 heteroatoms. The second-order valence-corrected chi connectivity index (χ2v) is 5.22. The highest BCUT2D eigenvalue weighted by Gasteiger charge is 2.40. The molecule has 0 unspecified atom stereocenters. The molecule has 0 fully saturated rings. The zero-order valence-corrected chi connectivity index (χ0v) is 13.4. The number of halogens is 1. The maximum atomic E-state index is 13.4. The highest BCUT2D eigenvalue weighted by atomic mass is 19.1. The van der Waals surface area contributed by atoms with Gasteiger partial charge in [0.2, 0.25) is 0 Å². The van der Waals surface area contributed by atoms with E-state index in [1.54, 1.807) is 6.07 Å². The smallest absolute Gasteiger partial charge is 0.301 e. The molecule has 1 aliphatic rings. The zero-order chi connectivity index (χ0) is 18.1. The normalized spacial score (nSPS) is 14.3. The molecule has 1 N–H and O–H groups in total. The van der Waals surface area contributed by atoms with Crippen LogP contribution < -0.4 is 14.4 Å². The molecule has 128 valence electrons. The van der Waals surface area contributed by atoms with Crippen LogP contribution in [0, 0.1) is 5.82 Å². The molecule has 6 nitrogen and oxygen atoms in total. The Kier molecular flexibility index (Phi) is 4.14. The van der Waals surface area contributed by atoms with Crippen LogP contribution >= 0.6 is 0 Å². The average molecular weight is 343 g/mol. The molecule has 2 aromatic carbocycles. The van der Waals surface area contributed by atoms with Gasteiger partial charge < -0.3 is 14.6 Å². The van der Waals surface area contributed by atoms with Crippen molar-refractivity contribution < 1.29 is 28.6 Å². The Morgan fingerprint density at radius 1 is 0.960 bits per heavy atom. The van der Waals surface area contributed by atoms with Gasteiger partial charge in [0.25, 0.3) is 5.91 Å². The second kappa shape index (κ2) is 6.27. The SMILES string of the molecule is COc1ccc(C2=C(O)C(=O)N(c3cccc(F)c3)C2=O)cc1OC. The lowest BCUT2D eigenvalue weighted by Gasteiger charge is -2.15. The van der Waals surface area contributed by atoms with Crippen molar-refractivity contribution in [1.82, 2.24) is 0 Å². The highest BCUT2D eigenvalue weighted by Crippen LogP contribution is 2.36. The topological polar surface area (TPSA) is 76.1 Å². The summed E-state index contributed by atoms with van der Waals surface area (Å²) in [4.78, 5) is 25.7. The molecule has 3 rings (SSSR count). The molecule has 0 bridgehead atoms. The minimum Gasteiger partial charge on any atom is -0.502 e. The van der Waals surface area contributed by atoms with Crippen molar-refractivity contribution in [3.8, 4) is 11.5 Å². The number of anilines is 1. The maximum absolute atomic E-state index is 13.4. The van der Waals surface area contributed by atoms with E-state index in [0.717, 1.165) is 11.0 Å². The summed E-state index contributed by atoms with van der Waals surface area (Å²) < 4.78 is 23.7. The molecule has 25 heavy (non-hydrogen) atoms. The molecule has 0 aliphatic carbocycles. The molecule has 0 radical (unpaired) electrons. The lowest BCUT2D eigenvalue weighted by Crippen LogP contribution is -2.31. The van der Waals surface area contributed by atoms with Crippen LogP contribution in [0.15, 0.2) is 48.2 Å². The molecular weight excluding hydrogens is 329 g/mol. The fourth-order valence-electron chi connectivity index (χ4n) is 2.62. The molecule has 2 amide bonds. The summed E-state index contributed by atoms with van der Waals surface area (Å²) in [6, 6.07) is 9.56. The van der Waals surface area contributed by atoms with Gasteiger partial charge in [-0.05, 0) is 35.9 Å². The van der Waals surface area contributed by atoms with E-state index >= 15 is 0 Å². The molecule has 0 spiro atoms. The summed E-state index contributed by atoms with van der Waals surface area (Å²) in [5, 5.41) is 10.2. The molecule has 1 heterocycles. The number of hydrogen-bond donors (Lipinski definition) is 1. The lowest BCUT2D eigenvalue weighted by molar-refractivity contribution is -0.121. The summed E-state index contributed by atoms with van der Waals surface area (Å²) in [6.07, 6.45) is 0. The Morgan fingerprint density at radius 2 is 1.68 bits per heavy atom. The summed E-state index contributed by atoms with van der Waals surface area (Å²) >= 11 is 0. The van der Waals surface area contributed by atoms with Gasteiger partial charge in [0.05, 0.1) is 25.5 Å². The van der Waals surface area contributed by atoms with Crippen LogP contribution in [0.1, 0.15) is 5.56 Å². The first-order valence-corrected chi connectivity index (χ1v) is 7.28. The van der Waals surface area contributed by atoms with E-state index in [2.05, 4.69) is 0 Å². The maximum Gasteiger partial charge on any atom is 0.301 e. The van der Waals surface area contributed by atoms with Crippen LogP contribution in [0.2, 0.25) is 0 Å². The van der Waals surface area contributed by atoms with Gasteiger partial charge in [-0.3, -0.25) is 9.59 Å². The largest absolute Gasteiger partial charge is 0.502 e. The number of aliphatic hydroxyl groups is 1. The fraction of sp³-hybridized carbons (Fsp3) is 0.111. The predicted octanol–water partition coefficient (Wildman–Crippen LogP) is 2.69. The van der Waals surface area contributed by atoms with E-state index in [4.69, 9.17) is 9.47 Å². The molecule has 2 aromatic rings.